The molecular formula is C17H18F2N2O2S. The number of ether oxygens (including phenoxy) is 1. The first-order valence-corrected chi connectivity index (χ1v) is 8.53. The van der Waals surface area contributed by atoms with Gasteiger partial charge in [0.1, 0.15) is 5.75 Å². The molecule has 3 rings (SSSR count). The van der Waals surface area contributed by atoms with E-state index in [0.29, 0.717) is 11.4 Å². The summed E-state index contributed by atoms with van der Waals surface area (Å²) in [5.74, 6) is 0.161. The number of nitrogens with one attached hydrogen (secondary N) is 1. The maximum absolute atomic E-state index is 12.6. The average molecular weight is 352 g/mol. The monoisotopic (exact) mass is 352 g/mol. The van der Waals surface area contributed by atoms with Crippen LogP contribution in [0.4, 0.5) is 8.78 Å². The van der Waals surface area contributed by atoms with E-state index in [1.54, 1.807) is 12.1 Å². The summed E-state index contributed by atoms with van der Waals surface area (Å²) in [7, 11) is 0. The zero-order valence-corrected chi connectivity index (χ0v) is 14.0. The predicted molar refractivity (Wildman–Crippen MR) is 89.8 cm³/mol. The fourth-order valence-electron chi connectivity index (χ4n) is 2.69. The van der Waals surface area contributed by atoms with E-state index in [9.17, 15) is 13.6 Å². The molecule has 1 atom stereocenters. The molecule has 1 N–H and O–H groups in total. The molecule has 0 spiro atoms. The summed E-state index contributed by atoms with van der Waals surface area (Å²) in [4.78, 5) is 16.1. The number of amides is 1. The number of benzene rings is 1. The number of nitrogens with zero attached hydrogens (tertiary/aromatic N) is 1. The Labute approximate surface area is 143 Å². The van der Waals surface area contributed by atoms with Crippen molar-refractivity contribution >= 4 is 17.2 Å². The van der Waals surface area contributed by atoms with Gasteiger partial charge in [0, 0.05) is 30.6 Å². The van der Waals surface area contributed by atoms with Gasteiger partial charge in [-0.05, 0) is 48.9 Å². The van der Waals surface area contributed by atoms with Gasteiger partial charge in [-0.25, -0.2) is 0 Å². The lowest BCUT2D eigenvalue weighted by Crippen LogP contribution is -2.52. The SMILES string of the molecule is C[C@H]1CNCCN1C(=O)c1ccc(-c2ccc(OC(F)F)cc2)s1. The van der Waals surface area contributed by atoms with Crippen LogP contribution in [0.15, 0.2) is 36.4 Å². The molecule has 0 aliphatic carbocycles. The minimum atomic E-state index is -2.83. The Kier molecular flexibility index (Phi) is 5.11. The molecule has 2 aromatic rings. The zero-order valence-electron chi connectivity index (χ0n) is 13.2. The Bertz CT molecular complexity index is 703. The number of hydrogen-bond donors (Lipinski definition) is 1. The molecule has 24 heavy (non-hydrogen) atoms. The summed E-state index contributed by atoms with van der Waals surface area (Å²) in [6.45, 7) is 1.51. The molecule has 0 radical (unpaired) electrons. The number of halogens is 2. The van der Waals surface area contributed by atoms with Crippen molar-refractivity contribution in [1.29, 1.82) is 0 Å². The summed E-state index contributed by atoms with van der Waals surface area (Å²) in [5, 5.41) is 3.26. The molecule has 0 bridgehead atoms. The van der Waals surface area contributed by atoms with E-state index in [-0.39, 0.29) is 17.7 Å². The van der Waals surface area contributed by atoms with Crippen LogP contribution in [0.1, 0.15) is 16.6 Å². The topological polar surface area (TPSA) is 41.6 Å². The molecule has 1 aliphatic heterocycles. The predicted octanol–water partition coefficient (Wildman–Crippen LogP) is 3.45. The van der Waals surface area contributed by atoms with Gasteiger partial charge in [-0.2, -0.15) is 8.78 Å². The molecule has 1 aromatic carbocycles. The molecule has 4 nitrogen and oxygen atoms in total. The summed E-state index contributed by atoms with van der Waals surface area (Å²) < 4.78 is 28.7. The number of rotatable bonds is 4. The van der Waals surface area contributed by atoms with Gasteiger partial charge >= 0.3 is 6.61 Å². The lowest BCUT2D eigenvalue weighted by atomic mass is 10.2. The van der Waals surface area contributed by atoms with Crippen molar-refractivity contribution in [3.8, 4) is 16.2 Å². The summed E-state index contributed by atoms with van der Waals surface area (Å²) in [6.07, 6.45) is 0. The van der Waals surface area contributed by atoms with Gasteiger partial charge in [0.15, 0.2) is 0 Å². The van der Waals surface area contributed by atoms with Crippen molar-refractivity contribution < 1.29 is 18.3 Å². The van der Waals surface area contributed by atoms with Crippen molar-refractivity contribution in [3.05, 3.63) is 41.3 Å². The van der Waals surface area contributed by atoms with Gasteiger partial charge in [-0.1, -0.05) is 0 Å². The number of thiophene rings is 1. The molecule has 1 aliphatic rings. The van der Waals surface area contributed by atoms with Crippen LogP contribution in [0.2, 0.25) is 0 Å². The van der Waals surface area contributed by atoms with E-state index in [1.807, 2.05) is 24.0 Å². The first kappa shape index (κ1) is 16.9. The second-order valence-electron chi connectivity index (χ2n) is 5.62. The van der Waals surface area contributed by atoms with E-state index in [2.05, 4.69) is 10.1 Å². The first-order chi connectivity index (χ1) is 11.5. The minimum Gasteiger partial charge on any atom is -0.435 e. The molecule has 128 valence electrons. The normalized spacial score (nSPS) is 18.0. The summed E-state index contributed by atoms with van der Waals surface area (Å²) in [5.41, 5.74) is 0.869. The number of alkyl halides is 2. The molecule has 0 unspecified atom stereocenters. The Morgan fingerprint density at radius 3 is 2.71 bits per heavy atom. The van der Waals surface area contributed by atoms with E-state index < -0.39 is 6.61 Å². The zero-order chi connectivity index (χ0) is 17.1. The quantitative estimate of drug-likeness (QED) is 0.916. The third kappa shape index (κ3) is 3.73. The maximum Gasteiger partial charge on any atom is 0.387 e. The smallest absolute Gasteiger partial charge is 0.387 e. The summed E-state index contributed by atoms with van der Waals surface area (Å²) in [6, 6.07) is 10.3. The van der Waals surface area contributed by atoms with Crippen molar-refractivity contribution in [2.75, 3.05) is 19.6 Å². The Morgan fingerprint density at radius 2 is 2.04 bits per heavy atom. The number of piperazine rings is 1. The fraction of sp³-hybridized carbons (Fsp3) is 0.353. The van der Waals surface area contributed by atoms with Crippen molar-refractivity contribution in [2.45, 2.75) is 19.6 Å². The average Bonchev–Trinajstić information content (AvgIpc) is 3.05. The fourth-order valence-corrected chi connectivity index (χ4v) is 3.66. The Balaban J connectivity index is 1.74. The first-order valence-electron chi connectivity index (χ1n) is 7.71. The molecule has 0 saturated carbocycles. The van der Waals surface area contributed by atoms with Gasteiger partial charge < -0.3 is 15.0 Å². The van der Waals surface area contributed by atoms with Crippen LogP contribution in [0.5, 0.6) is 5.75 Å². The second-order valence-corrected chi connectivity index (χ2v) is 6.70. The van der Waals surface area contributed by atoms with Gasteiger partial charge in [-0.3, -0.25) is 4.79 Å². The van der Waals surface area contributed by atoms with E-state index in [4.69, 9.17) is 0 Å². The van der Waals surface area contributed by atoms with Crippen LogP contribution in [-0.2, 0) is 0 Å². The van der Waals surface area contributed by atoms with Crippen molar-refractivity contribution in [2.24, 2.45) is 0 Å². The van der Waals surface area contributed by atoms with E-state index in [1.165, 1.54) is 23.5 Å². The van der Waals surface area contributed by atoms with Crippen LogP contribution in [-0.4, -0.2) is 43.1 Å². The van der Waals surface area contributed by atoms with Gasteiger partial charge in [0.05, 0.1) is 4.88 Å². The third-order valence-electron chi connectivity index (χ3n) is 3.94. The van der Waals surface area contributed by atoms with Crippen LogP contribution >= 0.6 is 11.3 Å². The number of hydrogen-bond acceptors (Lipinski definition) is 4. The lowest BCUT2D eigenvalue weighted by molar-refractivity contribution is -0.0498. The molecule has 1 fully saturated rings. The highest BCUT2D eigenvalue weighted by Gasteiger charge is 2.25. The van der Waals surface area contributed by atoms with Gasteiger partial charge in [-0.15, -0.1) is 11.3 Å². The molecular weight excluding hydrogens is 334 g/mol. The molecule has 1 amide bonds. The highest BCUT2D eigenvalue weighted by molar-refractivity contribution is 7.17. The lowest BCUT2D eigenvalue weighted by Gasteiger charge is -2.33. The van der Waals surface area contributed by atoms with Crippen molar-refractivity contribution in [3.63, 3.8) is 0 Å². The summed E-state index contributed by atoms with van der Waals surface area (Å²) >= 11 is 1.41. The van der Waals surface area contributed by atoms with Crippen LogP contribution < -0.4 is 10.1 Å². The second kappa shape index (κ2) is 7.27. The Morgan fingerprint density at radius 1 is 1.29 bits per heavy atom. The Hall–Kier alpha value is -1.99. The van der Waals surface area contributed by atoms with Gasteiger partial charge in [0.25, 0.3) is 5.91 Å². The standard InChI is InChI=1S/C17H18F2N2O2S/c1-11-10-20-8-9-21(11)16(22)15-7-6-14(24-15)12-2-4-13(5-3-12)23-17(18)19/h2-7,11,17,20H,8-10H2,1H3/t11-/m0/s1. The third-order valence-corrected chi connectivity index (χ3v) is 5.07. The molecule has 1 aromatic heterocycles. The van der Waals surface area contributed by atoms with Crippen LogP contribution in [0.25, 0.3) is 10.4 Å². The number of carbonyl (C=O) groups is 1. The molecule has 2 heterocycles. The van der Waals surface area contributed by atoms with Crippen LogP contribution in [0.3, 0.4) is 0 Å². The largest absolute Gasteiger partial charge is 0.435 e. The number of carbonyl (C=O) groups excluding carboxylic acids is 1. The highest BCUT2D eigenvalue weighted by Crippen LogP contribution is 2.30. The van der Waals surface area contributed by atoms with Crippen LogP contribution in [0, 0.1) is 0 Å². The van der Waals surface area contributed by atoms with E-state index >= 15 is 0 Å². The maximum atomic E-state index is 12.6. The van der Waals surface area contributed by atoms with Crippen molar-refractivity contribution in [1.82, 2.24) is 10.2 Å². The van der Waals surface area contributed by atoms with Gasteiger partial charge in [0.2, 0.25) is 0 Å². The molecule has 1 saturated heterocycles. The minimum absolute atomic E-state index is 0.0397. The highest BCUT2D eigenvalue weighted by atomic mass is 32.1. The molecule has 7 heteroatoms. The van der Waals surface area contributed by atoms with E-state index in [0.717, 1.165) is 23.5 Å².